The van der Waals surface area contributed by atoms with Crippen LogP contribution in [0.15, 0.2) is 47.5 Å². The molecule has 0 aliphatic heterocycles. The number of hydrogen-bond acceptors (Lipinski definition) is 5. The number of aromatic nitrogens is 7. The molecule has 172 valence electrons. The molecule has 3 heterocycles. The van der Waals surface area contributed by atoms with Crippen molar-refractivity contribution < 1.29 is 0 Å². The van der Waals surface area contributed by atoms with Crippen LogP contribution in [-0.4, -0.2) is 34.7 Å². The fourth-order valence-corrected chi connectivity index (χ4v) is 4.19. The van der Waals surface area contributed by atoms with Crippen LogP contribution >= 0.6 is 0 Å². The second kappa shape index (κ2) is 9.94. The van der Waals surface area contributed by atoms with Crippen LogP contribution in [0.5, 0.6) is 0 Å². The number of H-pyrrole nitrogens is 1. The number of hydrogen-bond donors (Lipinski definition) is 1. The topological polar surface area (TPSA) is 94.3 Å². The molecule has 0 saturated heterocycles. The van der Waals surface area contributed by atoms with E-state index in [2.05, 4.69) is 77.6 Å². The third-order valence-electron chi connectivity index (χ3n) is 6.04. The van der Waals surface area contributed by atoms with Gasteiger partial charge in [-0.25, -0.2) is 4.79 Å². The minimum atomic E-state index is 0.0901. The van der Waals surface area contributed by atoms with Gasteiger partial charge in [-0.3, -0.25) is 14.1 Å². The molecule has 0 aliphatic rings. The van der Waals surface area contributed by atoms with Crippen molar-refractivity contribution in [1.29, 1.82) is 0 Å². The van der Waals surface area contributed by atoms with Crippen LogP contribution in [0.2, 0.25) is 0 Å². The summed E-state index contributed by atoms with van der Waals surface area (Å²) in [7, 11) is 0. The lowest BCUT2D eigenvalue weighted by atomic mass is 10.0. The van der Waals surface area contributed by atoms with Crippen molar-refractivity contribution in [1.82, 2.24) is 34.7 Å². The van der Waals surface area contributed by atoms with Crippen molar-refractivity contribution in [2.45, 2.75) is 60.0 Å². The highest BCUT2D eigenvalue weighted by Gasteiger charge is 2.17. The number of pyridine rings is 1. The van der Waals surface area contributed by atoms with Gasteiger partial charge in [0.25, 0.3) is 0 Å². The van der Waals surface area contributed by atoms with Crippen molar-refractivity contribution >= 4 is 0 Å². The zero-order chi connectivity index (χ0) is 23.4. The Bertz CT molecular complexity index is 1250. The van der Waals surface area contributed by atoms with E-state index in [0.717, 1.165) is 59.4 Å². The second-order valence-corrected chi connectivity index (χ2v) is 8.84. The molecule has 3 aromatic heterocycles. The molecule has 4 aromatic rings. The van der Waals surface area contributed by atoms with Crippen molar-refractivity contribution in [2.24, 2.45) is 5.92 Å². The molecule has 0 aliphatic carbocycles. The zero-order valence-corrected chi connectivity index (χ0v) is 19.7. The standard InChI is InChI=1S/C25H31N7O/c1-5-6-23-18(4)31(14-12-17(2)3)25(33)32(23)16-19-7-9-20(10-8-19)22-15-26-13-11-21(22)24-27-29-30-28-24/h7-11,13,15,17H,5-6,12,14,16H2,1-4H3,(H,27,28,29,30). The first-order valence-electron chi connectivity index (χ1n) is 11.6. The SMILES string of the molecule is CCCc1c(C)n(CCC(C)C)c(=O)n1Cc1ccc(-c2cnccc2-c2nn[nH]n2)cc1. The highest BCUT2D eigenvalue weighted by atomic mass is 16.1. The number of nitrogens with zero attached hydrogens (tertiary/aromatic N) is 6. The Balaban J connectivity index is 1.63. The molecule has 1 N–H and O–H groups in total. The van der Waals surface area contributed by atoms with E-state index in [0.29, 0.717) is 18.3 Å². The van der Waals surface area contributed by atoms with Gasteiger partial charge in [-0.1, -0.05) is 51.5 Å². The van der Waals surface area contributed by atoms with Crippen molar-refractivity contribution in [3.63, 3.8) is 0 Å². The molecule has 0 spiro atoms. The molecular formula is C25H31N7O. The lowest BCUT2D eigenvalue weighted by Crippen LogP contribution is -2.26. The summed E-state index contributed by atoms with van der Waals surface area (Å²) in [6.07, 6.45) is 6.43. The van der Waals surface area contributed by atoms with E-state index in [9.17, 15) is 4.79 Å². The van der Waals surface area contributed by atoms with Crippen LogP contribution in [0.25, 0.3) is 22.5 Å². The fraction of sp³-hybridized carbons (Fsp3) is 0.400. The van der Waals surface area contributed by atoms with Crippen LogP contribution in [0, 0.1) is 12.8 Å². The molecule has 0 atom stereocenters. The summed E-state index contributed by atoms with van der Waals surface area (Å²) in [5.41, 5.74) is 6.23. The first-order chi connectivity index (χ1) is 16.0. The minimum absolute atomic E-state index is 0.0901. The molecule has 8 heteroatoms. The van der Waals surface area contributed by atoms with Gasteiger partial charge in [0, 0.05) is 41.5 Å². The Morgan fingerprint density at radius 3 is 2.52 bits per heavy atom. The van der Waals surface area contributed by atoms with E-state index in [1.807, 2.05) is 21.4 Å². The lowest BCUT2D eigenvalue weighted by molar-refractivity contribution is 0.498. The number of benzene rings is 1. The molecule has 8 nitrogen and oxygen atoms in total. The van der Waals surface area contributed by atoms with Crippen LogP contribution in [0.4, 0.5) is 0 Å². The maximum absolute atomic E-state index is 13.3. The number of rotatable bonds is 9. The van der Waals surface area contributed by atoms with E-state index in [-0.39, 0.29) is 5.69 Å². The fourth-order valence-electron chi connectivity index (χ4n) is 4.19. The van der Waals surface area contributed by atoms with Crippen molar-refractivity contribution in [3.8, 4) is 22.5 Å². The van der Waals surface area contributed by atoms with E-state index in [1.54, 1.807) is 6.20 Å². The molecule has 0 saturated carbocycles. The predicted molar refractivity (Wildman–Crippen MR) is 129 cm³/mol. The van der Waals surface area contributed by atoms with E-state index >= 15 is 0 Å². The van der Waals surface area contributed by atoms with Gasteiger partial charge in [0.05, 0.1) is 6.54 Å². The molecular weight excluding hydrogens is 414 g/mol. The number of aromatic amines is 1. The average Bonchev–Trinajstić information content (AvgIpc) is 3.42. The summed E-state index contributed by atoms with van der Waals surface area (Å²) < 4.78 is 3.90. The Hall–Kier alpha value is -3.55. The molecule has 1 aromatic carbocycles. The minimum Gasteiger partial charge on any atom is -0.296 e. The largest absolute Gasteiger partial charge is 0.328 e. The highest BCUT2D eigenvalue weighted by molar-refractivity contribution is 5.79. The summed E-state index contributed by atoms with van der Waals surface area (Å²) in [6, 6.07) is 10.1. The quantitative estimate of drug-likeness (QED) is 0.416. The Labute approximate surface area is 193 Å². The van der Waals surface area contributed by atoms with Gasteiger partial charge in [-0.15, -0.1) is 10.2 Å². The van der Waals surface area contributed by atoms with Crippen LogP contribution in [0.1, 0.15) is 50.6 Å². The summed E-state index contributed by atoms with van der Waals surface area (Å²) in [4.78, 5) is 17.5. The number of tetrazole rings is 1. The maximum Gasteiger partial charge on any atom is 0.328 e. The summed E-state index contributed by atoms with van der Waals surface area (Å²) in [6.45, 7) is 9.95. The summed E-state index contributed by atoms with van der Waals surface area (Å²) in [5.74, 6) is 1.09. The molecule has 0 fully saturated rings. The smallest absolute Gasteiger partial charge is 0.296 e. The first-order valence-corrected chi connectivity index (χ1v) is 11.6. The zero-order valence-electron chi connectivity index (χ0n) is 19.7. The van der Waals surface area contributed by atoms with Crippen LogP contribution in [-0.2, 0) is 19.5 Å². The van der Waals surface area contributed by atoms with Crippen molar-refractivity contribution in [3.05, 3.63) is 70.2 Å². The normalized spacial score (nSPS) is 11.4. The van der Waals surface area contributed by atoms with Gasteiger partial charge in [0.15, 0.2) is 0 Å². The average molecular weight is 446 g/mol. The van der Waals surface area contributed by atoms with Gasteiger partial charge in [0.2, 0.25) is 5.82 Å². The van der Waals surface area contributed by atoms with Gasteiger partial charge in [-0.05, 0) is 48.1 Å². The molecule has 0 amide bonds. The lowest BCUT2D eigenvalue weighted by Gasteiger charge is -2.10. The Kier molecular flexibility index (Phi) is 6.82. The Morgan fingerprint density at radius 2 is 1.85 bits per heavy atom. The van der Waals surface area contributed by atoms with E-state index in [4.69, 9.17) is 0 Å². The van der Waals surface area contributed by atoms with Crippen molar-refractivity contribution in [2.75, 3.05) is 0 Å². The maximum atomic E-state index is 13.3. The first kappa shape index (κ1) is 22.6. The van der Waals surface area contributed by atoms with E-state index in [1.165, 1.54) is 0 Å². The molecule has 0 unspecified atom stereocenters. The van der Waals surface area contributed by atoms with Crippen LogP contribution in [0.3, 0.4) is 0 Å². The second-order valence-electron chi connectivity index (χ2n) is 8.84. The molecule has 0 bridgehead atoms. The highest BCUT2D eigenvalue weighted by Crippen LogP contribution is 2.29. The van der Waals surface area contributed by atoms with E-state index < -0.39 is 0 Å². The predicted octanol–water partition coefficient (Wildman–Crippen LogP) is 4.25. The van der Waals surface area contributed by atoms with Gasteiger partial charge >= 0.3 is 5.69 Å². The molecule has 0 radical (unpaired) electrons. The monoisotopic (exact) mass is 445 g/mol. The number of nitrogens with one attached hydrogen (secondary N) is 1. The van der Waals surface area contributed by atoms with Gasteiger partial charge in [0.1, 0.15) is 0 Å². The number of imidazole rings is 1. The van der Waals surface area contributed by atoms with Gasteiger partial charge < -0.3 is 0 Å². The summed E-state index contributed by atoms with van der Waals surface area (Å²) in [5, 5.41) is 14.4. The van der Waals surface area contributed by atoms with Crippen LogP contribution < -0.4 is 5.69 Å². The third kappa shape index (κ3) is 4.79. The third-order valence-corrected chi connectivity index (χ3v) is 6.04. The summed E-state index contributed by atoms with van der Waals surface area (Å²) >= 11 is 0. The molecule has 33 heavy (non-hydrogen) atoms. The molecule has 4 rings (SSSR count). The Morgan fingerprint density at radius 1 is 1.06 bits per heavy atom. The van der Waals surface area contributed by atoms with Gasteiger partial charge in [-0.2, -0.15) is 5.21 Å².